The zero-order valence-electron chi connectivity index (χ0n) is 14.2. The van der Waals surface area contributed by atoms with E-state index in [0.717, 1.165) is 18.5 Å². The van der Waals surface area contributed by atoms with E-state index in [9.17, 15) is 8.42 Å². The Morgan fingerprint density at radius 1 is 1.12 bits per heavy atom. The molecule has 0 amide bonds. The predicted molar refractivity (Wildman–Crippen MR) is 101 cm³/mol. The summed E-state index contributed by atoms with van der Waals surface area (Å²) in [5.41, 5.74) is 4.30. The minimum absolute atomic E-state index is 0.168. The number of rotatable bonds is 6. The number of benzene rings is 2. The third-order valence-electron chi connectivity index (χ3n) is 4.39. The van der Waals surface area contributed by atoms with E-state index in [4.69, 9.17) is 0 Å². The molecule has 0 spiro atoms. The van der Waals surface area contributed by atoms with E-state index < -0.39 is 10.0 Å². The van der Waals surface area contributed by atoms with E-state index in [1.807, 2.05) is 31.2 Å². The zero-order valence-corrected chi connectivity index (χ0v) is 15.0. The zero-order chi connectivity index (χ0) is 17.2. The second-order valence-corrected chi connectivity index (χ2v) is 8.22. The Bertz CT molecular complexity index is 800. The summed E-state index contributed by atoms with van der Waals surface area (Å²) < 4.78 is 26.6. The molecule has 24 heavy (non-hydrogen) atoms. The molecule has 0 saturated carbocycles. The average molecular weight is 344 g/mol. The van der Waals surface area contributed by atoms with Crippen LogP contribution in [0.2, 0.25) is 0 Å². The second-order valence-electron chi connectivity index (χ2n) is 6.37. The fourth-order valence-electron chi connectivity index (χ4n) is 3.21. The van der Waals surface area contributed by atoms with Crippen molar-refractivity contribution in [2.24, 2.45) is 0 Å². The van der Waals surface area contributed by atoms with Gasteiger partial charge in [-0.05, 0) is 55.7 Å². The number of hydrogen-bond donors (Lipinski definition) is 1. The minimum atomic E-state index is -3.25. The van der Waals surface area contributed by atoms with Crippen LogP contribution in [0.5, 0.6) is 0 Å². The van der Waals surface area contributed by atoms with Crippen molar-refractivity contribution in [3.05, 3.63) is 54.1 Å². The molecule has 1 aliphatic rings. The molecule has 0 aromatic heterocycles. The Labute approximate surface area is 144 Å². The van der Waals surface area contributed by atoms with Crippen LogP contribution in [0.4, 0.5) is 17.1 Å². The summed E-state index contributed by atoms with van der Waals surface area (Å²) in [5, 5.41) is 0. The van der Waals surface area contributed by atoms with Crippen LogP contribution in [0, 0.1) is 0 Å². The number of fused-ring (bicyclic) bond motifs is 1. The van der Waals surface area contributed by atoms with Crippen LogP contribution in [0.3, 0.4) is 0 Å². The molecular weight excluding hydrogens is 320 g/mol. The molecule has 0 aliphatic carbocycles. The van der Waals surface area contributed by atoms with Gasteiger partial charge in [-0.15, -0.1) is 0 Å². The third kappa shape index (κ3) is 3.56. The summed E-state index contributed by atoms with van der Waals surface area (Å²) in [6, 6.07) is 16.5. The maximum absolute atomic E-state index is 12.0. The number of hydrogen-bond acceptors (Lipinski definition) is 3. The van der Waals surface area contributed by atoms with Crippen LogP contribution in [-0.4, -0.2) is 20.2 Å². The van der Waals surface area contributed by atoms with Crippen molar-refractivity contribution < 1.29 is 8.42 Å². The van der Waals surface area contributed by atoms with Gasteiger partial charge in [0.2, 0.25) is 10.0 Å². The maximum atomic E-state index is 12.0. The highest BCUT2D eigenvalue weighted by Crippen LogP contribution is 2.38. The Morgan fingerprint density at radius 2 is 1.83 bits per heavy atom. The first kappa shape index (κ1) is 16.8. The van der Waals surface area contributed by atoms with E-state index in [0.29, 0.717) is 18.2 Å². The van der Waals surface area contributed by atoms with Crippen molar-refractivity contribution in [1.29, 1.82) is 0 Å². The smallest absolute Gasteiger partial charge is 0.232 e. The van der Waals surface area contributed by atoms with E-state index in [1.165, 1.54) is 11.3 Å². The molecule has 1 heterocycles. The van der Waals surface area contributed by atoms with E-state index >= 15 is 0 Å². The van der Waals surface area contributed by atoms with Crippen molar-refractivity contribution >= 4 is 27.1 Å². The molecule has 128 valence electrons. The maximum Gasteiger partial charge on any atom is 0.232 e. The molecule has 1 atom stereocenters. The lowest BCUT2D eigenvalue weighted by atomic mass is 10.1. The van der Waals surface area contributed by atoms with Crippen LogP contribution in [0.1, 0.15) is 32.3 Å². The predicted octanol–water partition coefficient (Wildman–Crippen LogP) is 4.31. The Morgan fingerprint density at radius 3 is 2.54 bits per heavy atom. The SMILES string of the molecule is CCCCS(=O)(=O)Nc1ccc(N2c3ccccc3CC2C)cc1. The molecule has 1 aliphatic heterocycles. The number of sulfonamides is 1. The van der Waals surface area contributed by atoms with Gasteiger partial charge < -0.3 is 4.90 Å². The van der Waals surface area contributed by atoms with Gasteiger partial charge in [-0.2, -0.15) is 0 Å². The lowest BCUT2D eigenvalue weighted by Crippen LogP contribution is -2.23. The van der Waals surface area contributed by atoms with Crippen molar-refractivity contribution in [3.63, 3.8) is 0 Å². The van der Waals surface area contributed by atoms with Crippen molar-refractivity contribution in [1.82, 2.24) is 0 Å². The van der Waals surface area contributed by atoms with Gasteiger partial charge >= 0.3 is 0 Å². The van der Waals surface area contributed by atoms with E-state index in [-0.39, 0.29) is 5.75 Å². The fourth-order valence-corrected chi connectivity index (χ4v) is 4.48. The first-order valence-electron chi connectivity index (χ1n) is 8.48. The molecule has 3 rings (SSSR count). The molecule has 1 N–H and O–H groups in total. The third-order valence-corrected chi connectivity index (χ3v) is 5.77. The van der Waals surface area contributed by atoms with Gasteiger partial charge in [0.25, 0.3) is 0 Å². The molecule has 2 aromatic rings. The highest BCUT2D eigenvalue weighted by molar-refractivity contribution is 7.92. The summed E-state index contributed by atoms with van der Waals surface area (Å²) in [6.45, 7) is 4.20. The summed E-state index contributed by atoms with van der Waals surface area (Å²) in [5.74, 6) is 0.168. The lowest BCUT2D eigenvalue weighted by molar-refractivity contribution is 0.598. The monoisotopic (exact) mass is 344 g/mol. The molecule has 5 heteroatoms. The number of nitrogens with zero attached hydrogens (tertiary/aromatic N) is 1. The summed E-state index contributed by atoms with van der Waals surface area (Å²) in [4.78, 5) is 2.31. The quantitative estimate of drug-likeness (QED) is 0.849. The van der Waals surface area contributed by atoms with Gasteiger partial charge in [-0.25, -0.2) is 8.42 Å². The molecule has 0 bridgehead atoms. The van der Waals surface area contributed by atoms with Gasteiger partial charge in [0.15, 0.2) is 0 Å². The van der Waals surface area contributed by atoms with Crippen LogP contribution in [0.25, 0.3) is 0 Å². The normalized spacial score (nSPS) is 16.9. The number of nitrogens with one attached hydrogen (secondary N) is 1. The molecule has 0 radical (unpaired) electrons. The summed E-state index contributed by atoms with van der Waals surface area (Å²) in [6.07, 6.45) is 2.57. The van der Waals surface area contributed by atoms with E-state index in [2.05, 4.69) is 40.8 Å². The number of unbranched alkanes of at least 4 members (excludes halogenated alkanes) is 1. The van der Waals surface area contributed by atoms with E-state index in [1.54, 1.807) is 0 Å². The minimum Gasteiger partial charge on any atom is -0.338 e. The molecular formula is C19H24N2O2S. The molecule has 0 saturated heterocycles. The van der Waals surface area contributed by atoms with Crippen LogP contribution >= 0.6 is 0 Å². The molecule has 1 unspecified atom stereocenters. The van der Waals surface area contributed by atoms with Gasteiger partial charge in [0, 0.05) is 23.1 Å². The highest BCUT2D eigenvalue weighted by Gasteiger charge is 2.26. The Hall–Kier alpha value is -2.01. The average Bonchev–Trinajstić information content (AvgIpc) is 2.89. The topological polar surface area (TPSA) is 49.4 Å². The lowest BCUT2D eigenvalue weighted by Gasteiger charge is -2.25. The number of para-hydroxylation sites is 1. The van der Waals surface area contributed by atoms with Gasteiger partial charge in [-0.1, -0.05) is 31.5 Å². The fraction of sp³-hybridized carbons (Fsp3) is 0.368. The standard InChI is InChI=1S/C19H24N2O2S/c1-3-4-13-24(22,23)20-17-9-11-18(12-10-17)21-15(2)14-16-7-5-6-8-19(16)21/h5-12,15,20H,3-4,13-14H2,1-2H3. The summed E-state index contributed by atoms with van der Waals surface area (Å²) >= 11 is 0. The van der Waals surface area contributed by atoms with Crippen molar-refractivity contribution in [2.75, 3.05) is 15.4 Å². The first-order valence-corrected chi connectivity index (χ1v) is 10.1. The Kier molecular flexibility index (Phi) is 4.81. The van der Waals surface area contributed by atoms with Gasteiger partial charge in [0.05, 0.1) is 5.75 Å². The summed E-state index contributed by atoms with van der Waals surface area (Å²) in [7, 11) is -3.25. The van der Waals surface area contributed by atoms with Crippen LogP contribution < -0.4 is 9.62 Å². The second kappa shape index (κ2) is 6.85. The molecule has 4 nitrogen and oxygen atoms in total. The van der Waals surface area contributed by atoms with Crippen molar-refractivity contribution in [2.45, 2.75) is 39.2 Å². The highest BCUT2D eigenvalue weighted by atomic mass is 32.2. The largest absolute Gasteiger partial charge is 0.338 e. The molecule has 0 fully saturated rings. The van der Waals surface area contributed by atoms with Gasteiger partial charge in [0.1, 0.15) is 0 Å². The Balaban J connectivity index is 1.78. The van der Waals surface area contributed by atoms with Gasteiger partial charge in [-0.3, -0.25) is 4.72 Å². The molecule has 2 aromatic carbocycles. The first-order chi connectivity index (χ1) is 11.5. The van der Waals surface area contributed by atoms with Crippen LogP contribution in [-0.2, 0) is 16.4 Å². The van der Waals surface area contributed by atoms with Crippen molar-refractivity contribution in [3.8, 4) is 0 Å². The number of anilines is 3. The van der Waals surface area contributed by atoms with Crippen LogP contribution in [0.15, 0.2) is 48.5 Å².